The first-order valence-corrected chi connectivity index (χ1v) is 20.6. The minimum atomic E-state index is -0.744. The molecular formula is C42H47ClN12O7. The molecule has 0 radical (unpaired) electrons. The summed E-state index contributed by atoms with van der Waals surface area (Å²) < 4.78 is 5.53. The molecule has 7 rings (SSSR count). The zero-order valence-electron chi connectivity index (χ0n) is 34.0. The first-order chi connectivity index (χ1) is 30.1. The predicted molar refractivity (Wildman–Crippen MR) is 232 cm³/mol. The van der Waals surface area contributed by atoms with Gasteiger partial charge in [-0.1, -0.05) is 29.8 Å². The van der Waals surface area contributed by atoms with Crippen LogP contribution in [-0.4, -0.2) is 127 Å². The van der Waals surface area contributed by atoms with Crippen molar-refractivity contribution in [3.8, 4) is 0 Å². The first-order valence-electron chi connectivity index (χ1n) is 20.2. The molecule has 1 atom stereocenters. The molecule has 62 heavy (non-hydrogen) atoms. The van der Waals surface area contributed by atoms with Gasteiger partial charge < -0.3 is 51.3 Å². The number of hydrogen-bond acceptors (Lipinski definition) is 13. The number of hydrogen-bond donors (Lipinski definition) is 7. The van der Waals surface area contributed by atoms with Crippen molar-refractivity contribution in [1.29, 1.82) is 0 Å². The highest BCUT2D eigenvalue weighted by molar-refractivity contribution is 6.33. The zero-order valence-corrected chi connectivity index (χ0v) is 34.7. The fraction of sp³-hybridized carbons (Fsp3) is 0.333. The van der Waals surface area contributed by atoms with Gasteiger partial charge in [-0.3, -0.25) is 29.3 Å². The minimum Gasteiger partial charge on any atom is -0.370 e. The van der Waals surface area contributed by atoms with Gasteiger partial charge in [0.15, 0.2) is 5.82 Å². The van der Waals surface area contributed by atoms with Crippen molar-refractivity contribution < 1.29 is 33.5 Å². The average Bonchev–Trinajstić information content (AvgIpc) is 3.62. The fourth-order valence-electron chi connectivity index (χ4n) is 7.31. The lowest BCUT2D eigenvalue weighted by Crippen LogP contribution is -2.52. The number of piperazine rings is 1. The Bertz CT molecular complexity index is 2320. The number of rotatable bonds is 16. The Balaban J connectivity index is 0.764. The van der Waals surface area contributed by atoms with Crippen molar-refractivity contribution >= 4 is 81.7 Å². The van der Waals surface area contributed by atoms with Crippen LogP contribution in [0.25, 0.3) is 0 Å². The molecule has 2 saturated heterocycles. The number of piperidine rings is 1. The molecule has 20 heteroatoms. The Kier molecular flexibility index (Phi) is 14.1. The molecule has 19 nitrogen and oxygen atoms in total. The molecule has 1 unspecified atom stereocenters. The van der Waals surface area contributed by atoms with Crippen LogP contribution in [0.1, 0.15) is 39.1 Å². The Morgan fingerprint density at radius 1 is 0.903 bits per heavy atom. The third-order valence-corrected chi connectivity index (χ3v) is 10.8. The number of aromatic nitrogens is 2. The number of carbonyl (C=O) groups excluding carboxylic acids is 6. The molecule has 4 aromatic rings. The number of anilines is 6. The lowest BCUT2D eigenvalue weighted by molar-refractivity contribution is -0.137. The van der Waals surface area contributed by atoms with Crippen molar-refractivity contribution in [3.63, 3.8) is 0 Å². The zero-order chi connectivity index (χ0) is 43.6. The van der Waals surface area contributed by atoms with Gasteiger partial charge in [0.05, 0.1) is 24.1 Å². The maximum absolute atomic E-state index is 13.0. The number of urea groups is 1. The fourth-order valence-corrected chi connectivity index (χ4v) is 7.45. The van der Waals surface area contributed by atoms with Gasteiger partial charge in [-0.2, -0.15) is 4.98 Å². The smallest absolute Gasteiger partial charge is 0.317 e. The van der Waals surface area contributed by atoms with E-state index in [1.807, 2.05) is 30.3 Å². The molecule has 0 spiro atoms. The van der Waals surface area contributed by atoms with Gasteiger partial charge in [0, 0.05) is 94.0 Å². The van der Waals surface area contributed by atoms with E-state index in [-0.39, 0.29) is 62.3 Å². The van der Waals surface area contributed by atoms with Gasteiger partial charge in [0.1, 0.15) is 17.7 Å². The van der Waals surface area contributed by atoms with Gasteiger partial charge in [0.25, 0.3) is 11.8 Å². The summed E-state index contributed by atoms with van der Waals surface area (Å²) >= 11 is 6.38. The van der Waals surface area contributed by atoms with E-state index >= 15 is 0 Å². The minimum absolute atomic E-state index is 0.137. The lowest BCUT2D eigenvalue weighted by atomic mass is 10.0. The van der Waals surface area contributed by atoms with E-state index in [4.69, 9.17) is 16.3 Å². The molecular weight excluding hydrogens is 820 g/mol. The Hall–Kier alpha value is -6.83. The molecule has 1 aromatic heterocycles. The number of ether oxygens (including phenoxy) is 1. The largest absolute Gasteiger partial charge is 0.370 e. The maximum Gasteiger partial charge on any atom is 0.317 e. The molecule has 0 aliphatic carbocycles. The third kappa shape index (κ3) is 10.5. The number of para-hydroxylation sites is 1. The van der Waals surface area contributed by atoms with E-state index in [1.54, 1.807) is 48.3 Å². The van der Waals surface area contributed by atoms with Crippen LogP contribution in [0.3, 0.4) is 0 Å². The number of fused-ring (bicyclic) bond motifs is 1. The first kappa shape index (κ1) is 43.3. The number of amides is 7. The standard InChI is InChI=1S/C42H47ClN12O7/c1-44-38(58)29-5-2-3-7-32(29)50-37-31(43)23-47-41(52-37)48-26-9-11-27(12-10-26)53-18-20-54(21-19-53)42(61)46-16-15-45-17-22-62-25-36(57)49-33-8-4-6-28-30(33)24-55(40(28)60)34-13-14-35(56)51-39(34)59/h2-12,23,34,45H,13-22,24-25H2,1H3,(H,44,58)(H,46,61)(H,49,57)(H,51,56,59)(H2,47,48,50,52). The van der Waals surface area contributed by atoms with Crippen molar-refractivity contribution in [1.82, 2.24) is 41.0 Å². The maximum atomic E-state index is 13.0. The topological polar surface area (TPSA) is 231 Å². The van der Waals surface area contributed by atoms with Gasteiger partial charge in [-0.15, -0.1) is 0 Å². The van der Waals surface area contributed by atoms with Crippen LogP contribution in [0, 0.1) is 0 Å². The molecule has 3 aliphatic rings. The number of halogens is 1. The summed E-state index contributed by atoms with van der Waals surface area (Å²) in [5, 5.41) is 20.5. The number of imide groups is 1. The number of benzene rings is 3. The molecule has 3 aliphatic heterocycles. The summed E-state index contributed by atoms with van der Waals surface area (Å²) in [7, 11) is 1.57. The highest BCUT2D eigenvalue weighted by Crippen LogP contribution is 2.33. The van der Waals surface area contributed by atoms with Crippen molar-refractivity contribution in [3.05, 3.63) is 94.6 Å². The summed E-state index contributed by atoms with van der Waals surface area (Å²) in [6.07, 6.45) is 1.89. The van der Waals surface area contributed by atoms with E-state index in [0.29, 0.717) is 90.7 Å². The van der Waals surface area contributed by atoms with Crippen LogP contribution in [0.2, 0.25) is 5.02 Å². The molecule has 4 heterocycles. The Labute approximate surface area is 362 Å². The lowest BCUT2D eigenvalue weighted by Gasteiger charge is -2.36. The van der Waals surface area contributed by atoms with Gasteiger partial charge >= 0.3 is 6.03 Å². The predicted octanol–water partition coefficient (Wildman–Crippen LogP) is 2.81. The second-order valence-electron chi connectivity index (χ2n) is 14.6. The van der Waals surface area contributed by atoms with E-state index in [1.165, 1.54) is 11.1 Å². The summed E-state index contributed by atoms with van der Waals surface area (Å²) in [5.74, 6) is -1.13. The van der Waals surface area contributed by atoms with Crippen LogP contribution in [0.5, 0.6) is 0 Å². The van der Waals surface area contributed by atoms with E-state index in [2.05, 4.69) is 52.1 Å². The normalized spacial score (nSPS) is 16.1. The van der Waals surface area contributed by atoms with Crippen molar-refractivity contribution in [2.24, 2.45) is 0 Å². The van der Waals surface area contributed by atoms with Crippen LogP contribution >= 0.6 is 11.6 Å². The Morgan fingerprint density at radius 3 is 2.45 bits per heavy atom. The second-order valence-corrected chi connectivity index (χ2v) is 15.0. The molecule has 7 N–H and O–H groups in total. The molecule has 0 saturated carbocycles. The van der Waals surface area contributed by atoms with Crippen molar-refractivity contribution in [2.75, 3.05) is 86.9 Å². The molecule has 7 amide bonds. The quantitative estimate of drug-likeness (QED) is 0.0636. The summed E-state index contributed by atoms with van der Waals surface area (Å²) in [5.41, 5.74) is 4.28. The van der Waals surface area contributed by atoms with Crippen molar-refractivity contribution in [2.45, 2.75) is 25.4 Å². The second kappa shape index (κ2) is 20.2. The number of carbonyl (C=O) groups is 6. The highest BCUT2D eigenvalue weighted by Gasteiger charge is 2.40. The third-order valence-electron chi connectivity index (χ3n) is 10.5. The monoisotopic (exact) mass is 866 g/mol. The molecule has 2 fully saturated rings. The van der Waals surface area contributed by atoms with Gasteiger partial charge in [-0.05, 0) is 55.0 Å². The van der Waals surface area contributed by atoms with E-state index in [0.717, 1.165) is 11.4 Å². The average molecular weight is 867 g/mol. The van der Waals surface area contributed by atoms with Crippen LogP contribution in [-0.2, 0) is 25.7 Å². The summed E-state index contributed by atoms with van der Waals surface area (Å²) in [4.78, 5) is 89.0. The molecule has 3 aromatic carbocycles. The highest BCUT2D eigenvalue weighted by atomic mass is 35.5. The Morgan fingerprint density at radius 2 is 1.68 bits per heavy atom. The SMILES string of the molecule is CNC(=O)c1ccccc1Nc1nc(Nc2ccc(N3CCN(C(=O)NCCNCCOCC(=O)Nc4cccc5c4CN(C4CCC(=O)NC4=O)C5=O)CC3)cc2)ncc1Cl. The van der Waals surface area contributed by atoms with Crippen LogP contribution < -0.4 is 42.1 Å². The molecule has 324 valence electrons. The van der Waals surface area contributed by atoms with Crippen LogP contribution in [0.4, 0.5) is 39.3 Å². The van der Waals surface area contributed by atoms with Gasteiger partial charge in [0.2, 0.25) is 23.7 Å². The number of nitrogens with zero attached hydrogens (tertiary/aromatic N) is 5. The molecule has 0 bridgehead atoms. The van der Waals surface area contributed by atoms with E-state index < -0.39 is 11.9 Å². The summed E-state index contributed by atoms with van der Waals surface area (Å²) in [6.45, 7) is 4.07. The summed E-state index contributed by atoms with van der Waals surface area (Å²) in [6, 6.07) is 19.0. The van der Waals surface area contributed by atoms with Gasteiger partial charge in [-0.25, -0.2) is 9.78 Å². The van der Waals surface area contributed by atoms with E-state index in [9.17, 15) is 28.8 Å². The number of nitrogens with one attached hydrogen (secondary N) is 7. The van der Waals surface area contributed by atoms with Crippen LogP contribution in [0.15, 0.2) is 72.9 Å².